The third-order valence-electron chi connectivity index (χ3n) is 5.30. The van der Waals surface area contributed by atoms with E-state index in [4.69, 9.17) is 9.47 Å². The van der Waals surface area contributed by atoms with Gasteiger partial charge in [-0.05, 0) is 56.5 Å². The molecule has 1 fully saturated rings. The second-order valence-electron chi connectivity index (χ2n) is 8.24. The van der Waals surface area contributed by atoms with Crippen LogP contribution in [0.25, 0.3) is 5.76 Å². The lowest BCUT2D eigenvalue weighted by Crippen LogP contribution is -2.31. The van der Waals surface area contributed by atoms with Crippen molar-refractivity contribution in [2.45, 2.75) is 45.8 Å². The van der Waals surface area contributed by atoms with Crippen LogP contribution >= 0.6 is 0 Å². The van der Waals surface area contributed by atoms with Crippen LogP contribution in [0.2, 0.25) is 0 Å². The highest BCUT2D eigenvalue weighted by molar-refractivity contribution is 6.46. The van der Waals surface area contributed by atoms with Gasteiger partial charge in [-0.25, -0.2) is 0 Å². The molecule has 0 spiro atoms. The number of benzene rings is 2. The van der Waals surface area contributed by atoms with Crippen molar-refractivity contribution in [3.63, 3.8) is 0 Å². The molecule has 176 valence electrons. The van der Waals surface area contributed by atoms with Gasteiger partial charge in [0.2, 0.25) is 0 Å². The minimum Gasteiger partial charge on any atom is -0.508 e. The molecule has 0 aromatic heterocycles. The Morgan fingerprint density at radius 1 is 1.09 bits per heavy atom. The van der Waals surface area contributed by atoms with E-state index in [0.29, 0.717) is 36.5 Å². The van der Waals surface area contributed by atoms with E-state index in [1.165, 1.54) is 17.0 Å². The SMILES string of the molecule is CCCOc1cccc(/C(O)=C2/C(=O)C(=O)N(CCCOC(C)C)C2c2cccc(O)c2)c1. The molecule has 2 aromatic rings. The quantitative estimate of drug-likeness (QED) is 0.239. The normalized spacial score (nSPS) is 17.7. The topological polar surface area (TPSA) is 96.3 Å². The fraction of sp³-hybridized carbons (Fsp3) is 0.385. The van der Waals surface area contributed by atoms with Crippen molar-refractivity contribution < 1.29 is 29.3 Å². The van der Waals surface area contributed by atoms with Gasteiger partial charge in [0.05, 0.1) is 24.3 Å². The van der Waals surface area contributed by atoms with Gasteiger partial charge in [0, 0.05) is 18.7 Å². The molecule has 7 nitrogen and oxygen atoms in total. The number of Topliss-reactive ketones (excluding diaryl/α,β-unsaturated/α-hetero) is 1. The summed E-state index contributed by atoms with van der Waals surface area (Å²) in [6.07, 6.45) is 1.42. The van der Waals surface area contributed by atoms with Crippen molar-refractivity contribution in [3.05, 3.63) is 65.2 Å². The van der Waals surface area contributed by atoms with Gasteiger partial charge < -0.3 is 24.6 Å². The highest BCUT2D eigenvalue weighted by Gasteiger charge is 2.45. The Labute approximate surface area is 194 Å². The standard InChI is InChI=1S/C26H31NO6/c1-4-13-33-21-11-6-9-19(16-21)24(29)22-23(18-8-5-10-20(28)15-18)27(26(31)25(22)30)12-7-14-32-17(2)3/h5-6,8-11,15-17,23,28-29H,4,7,12-14H2,1-3H3/b24-22-. The molecule has 1 aliphatic rings. The number of phenolic OH excluding ortho intramolecular Hbond substituents is 1. The first-order valence-electron chi connectivity index (χ1n) is 11.3. The zero-order valence-corrected chi connectivity index (χ0v) is 19.3. The number of aliphatic hydroxyl groups excluding tert-OH is 1. The lowest BCUT2D eigenvalue weighted by Gasteiger charge is -2.25. The van der Waals surface area contributed by atoms with Crippen molar-refractivity contribution in [1.82, 2.24) is 4.90 Å². The molecule has 33 heavy (non-hydrogen) atoms. The van der Waals surface area contributed by atoms with E-state index in [0.717, 1.165) is 6.42 Å². The summed E-state index contributed by atoms with van der Waals surface area (Å²) >= 11 is 0. The first-order chi connectivity index (χ1) is 15.8. The Bertz CT molecular complexity index is 1030. The Balaban J connectivity index is 2.02. The van der Waals surface area contributed by atoms with Crippen LogP contribution in [0.4, 0.5) is 0 Å². The number of aliphatic hydroxyl groups is 1. The molecule has 1 aliphatic heterocycles. The van der Waals surface area contributed by atoms with Crippen molar-refractivity contribution in [1.29, 1.82) is 0 Å². The van der Waals surface area contributed by atoms with Gasteiger partial charge in [-0.1, -0.05) is 31.2 Å². The molecule has 2 N–H and O–H groups in total. The van der Waals surface area contributed by atoms with E-state index in [1.54, 1.807) is 36.4 Å². The number of carbonyl (C=O) groups is 2. The van der Waals surface area contributed by atoms with Gasteiger partial charge in [0.25, 0.3) is 11.7 Å². The summed E-state index contributed by atoms with van der Waals surface area (Å²) in [6.45, 7) is 7.08. The molecule has 2 aromatic carbocycles. The molecule has 1 heterocycles. The highest BCUT2D eigenvalue weighted by atomic mass is 16.5. The minimum atomic E-state index is -0.823. The first kappa shape index (κ1) is 24.3. The fourth-order valence-electron chi connectivity index (χ4n) is 3.81. The second kappa shape index (κ2) is 11.0. The van der Waals surface area contributed by atoms with Gasteiger partial charge in [-0.15, -0.1) is 0 Å². The van der Waals surface area contributed by atoms with Crippen molar-refractivity contribution in [2.24, 2.45) is 0 Å². The third-order valence-corrected chi connectivity index (χ3v) is 5.30. The number of hydrogen-bond donors (Lipinski definition) is 2. The number of amides is 1. The number of carbonyl (C=O) groups excluding carboxylic acids is 2. The van der Waals surface area contributed by atoms with Gasteiger partial charge in [-0.2, -0.15) is 0 Å². The Hall–Kier alpha value is -3.32. The van der Waals surface area contributed by atoms with Gasteiger partial charge in [-0.3, -0.25) is 9.59 Å². The van der Waals surface area contributed by atoms with Crippen LogP contribution in [0.15, 0.2) is 54.1 Å². The number of rotatable bonds is 10. The van der Waals surface area contributed by atoms with Gasteiger partial charge in [0.15, 0.2) is 0 Å². The van der Waals surface area contributed by atoms with E-state index in [2.05, 4.69) is 0 Å². The maximum Gasteiger partial charge on any atom is 0.295 e. The molecule has 0 radical (unpaired) electrons. The molecule has 0 bridgehead atoms. The zero-order chi connectivity index (χ0) is 24.0. The summed E-state index contributed by atoms with van der Waals surface area (Å²) in [5.74, 6) is -1.14. The zero-order valence-electron chi connectivity index (χ0n) is 19.3. The predicted octanol–water partition coefficient (Wildman–Crippen LogP) is 4.42. The third kappa shape index (κ3) is 5.73. The highest BCUT2D eigenvalue weighted by Crippen LogP contribution is 2.40. The molecule has 3 rings (SSSR count). The molecule has 1 amide bonds. The Morgan fingerprint density at radius 3 is 2.55 bits per heavy atom. The van der Waals surface area contributed by atoms with Crippen molar-refractivity contribution in [2.75, 3.05) is 19.8 Å². The Morgan fingerprint density at radius 2 is 1.85 bits per heavy atom. The average molecular weight is 454 g/mol. The predicted molar refractivity (Wildman–Crippen MR) is 125 cm³/mol. The molecule has 1 saturated heterocycles. The summed E-state index contributed by atoms with van der Waals surface area (Å²) in [6, 6.07) is 12.4. The summed E-state index contributed by atoms with van der Waals surface area (Å²) < 4.78 is 11.2. The van der Waals surface area contributed by atoms with E-state index in [9.17, 15) is 19.8 Å². The smallest absolute Gasteiger partial charge is 0.295 e. The van der Waals surface area contributed by atoms with E-state index in [1.807, 2.05) is 20.8 Å². The van der Waals surface area contributed by atoms with Crippen LogP contribution in [-0.4, -0.2) is 52.7 Å². The van der Waals surface area contributed by atoms with Gasteiger partial charge >= 0.3 is 0 Å². The van der Waals surface area contributed by atoms with E-state index >= 15 is 0 Å². The number of hydrogen-bond acceptors (Lipinski definition) is 6. The van der Waals surface area contributed by atoms with Crippen molar-refractivity contribution >= 4 is 17.4 Å². The molecular formula is C26H31NO6. The number of likely N-dealkylation sites (tertiary alicyclic amines) is 1. The molecule has 0 saturated carbocycles. The Kier molecular flexibility index (Phi) is 8.11. The first-order valence-corrected chi connectivity index (χ1v) is 11.3. The van der Waals surface area contributed by atoms with Crippen LogP contribution in [0.5, 0.6) is 11.5 Å². The van der Waals surface area contributed by atoms with E-state index in [-0.39, 0.29) is 29.7 Å². The molecule has 7 heteroatoms. The summed E-state index contributed by atoms with van der Waals surface area (Å²) in [7, 11) is 0. The molecular weight excluding hydrogens is 422 g/mol. The monoisotopic (exact) mass is 453 g/mol. The summed E-state index contributed by atoms with van der Waals surface area (Å²) in [5, 5.41) is 21.2. The van der Waals surface area contributed by atoms with Crippen molar-refractivity contribution in [3.8, 4) is 11.5 Å². The fourth-order valence-corrected chi connectivity index (χ4v) is 3.81. The second-order valence-corrected chi connectivity index (χ2v) is 8.24. The number of aromatic hydroxyl groups is 1. The van der Waals surface area contributed by atoms with Crippen LogP contribution in [0, 0.1) is 0 Å². The number of ketones is 1. The van der Waals surface area contributed by atoms with Crippen LogP contribution < -0.4 is 4.74 Å². The molecule has 1 atom stereocenters. The number of ether oxygens (including phenoxy) is 2. The van der Waals surface area contributed by atoms with Crippen LogP contribution in [0.3, 0.4) is 0 Å². The lowest BCUT2D eigenvalue weighted by atomic mass is 9.95. The maximum atomic E-state index is 13.1. The summed E-state index contributed by atoms with van der Waals surface area (Å²) in [4.78, 5) is 27.5. The van der Waals surface area contributed by atoms with Crippen LogP contribution in [0.1, 0.15) is 50.8 Å². The lowest BCUT2D eigenvalue weighted by molar-refractivity contribution is -0.140. The van der Waals surface area contributed by atoms with Crippen LogP contribution in [-0.2, 0) is 14.3 Å². The maximum absolute atomic E-state index is 13.1. The molecule has 1 unspecified atom stereocenters. The summed E-state index contributed by atoms with van der Waals surface area (Å²) in [5.41, 5.74) is 0.914. The van der Waals surface area contributed by atoms with Gasteiger partial charge in [0.1, 0.15) is 17.3 Å². The van der Waals surface area contributed by atoms with E-state index < -0.39 is 17.7 Å². The number of phenols is 1. The average Bonchev–Trinajstić information content (AvgIpc) is 3.05. The minimum absolute atomic E-state index is 0.0104. The molecule has 0 aliphatic carbocycles. The number of nitrogens with zero attached hydrogens (tertiary/aromatic N) is 1. The largest absolute Gasteiger partial charge is 0.508 e.